The minimum Gasteiger partial charge on any atom is -0.349 e. The fourth-order valence-electron chi connectivity index (χ4n) is 2.33. The third kappa shape index (κ3) is 3.19. The van der Waals surface area contributed by atoms with Crippen LogP contribution in [0.25, 0.3) is 6.08 Å². The average molecular weight is 260 g/mol. The van der Waals surface area contributed by atoms with Gasteiger partial charge in [0, 0.05) is 23.7 Å². The Bertz CT molecular complexity index is 519. The van der Waals surface area contributed by atoms with Crippen LogP contribution in [-0.2, 0) is 0 Å². The van der Waals surface area contributed by atoms with Crippen molar-refractivity contribution in [2.75, 3.05) is 0 Å². The first-order valence-corrected chi connectivity index (χ1v) is 6.33. The zero-order chi connectivity index (χ0) is 13.8. The summed E-state index contributed by atoms with van der Waals surface area (Å²) in [5.41, 5.74) is 0.802. The summed E-state index contributed by atoms with van der Waals surface area (Å²) in [6, 6.07) is 4.51. The van der Waals surface area contributed by atoms with Crippen molar-refractivity contribution >= 4 is 17.7 Å². The minimum atomic E-state index is -0.501. The van der Waals surface area contributed by atoms with Crippen molar-refractivity contribution in [2.45, 2.75) is 31.7 Å². The van der Waals surface area contributed by atoms with Crippen molar-refractivity contribution in [3.05, 3.63) is 46.0 Å². The first-order chi connectivity index (χ1) is 9.10. The number of non-ortho nitro benzene ring substituents is 1. The number of nitro groups is 1. The summed E-state index contributed by atoms with van der Waals surface area (Å²) < 4.78 is 0. The van der Waals surface area contributed by atoms with E-state index in [-0.39, 0.29) is 17.6 Å². The molecule has 1 saturated carbocycles. The van der Waals surface area contributed by atoms with E-state index in [2.05, 4.69) is 11.9 Å². The molecule has 1 N–H and O–H groups in total. The van der Waals surface area contributed by atoms with E-state index in [9.17, 15) is 14.9 Å². The molecule has 5 heteroatoms. The summed E-state index contributed by atoms with van der Waals surface area (Å²) in [4.78, 5) is 22.4. The van der Waals surface area contributed by atoms with Crippen LogP contribution in [0.15, 0.2) is 24.8 Å². The van der Waals surface area contributed by atoms with Gasteiger partial charge in [0.2, 0.25) is 0 Å². The first kappa shape index (κ1) is 13.3. The van der Waals surface area contributed by atoms with Gasteiger partial charge in [0.05, 0.1) is 4.92 Å². The van der Waals surface area contributed by atoms with Crippen molar-refractivity contribution in [2.24, 2.45) is 0 Å². The molecular formula is C14H16N2O3. The Hall–Kier alpha value is -2.17. The van der Waals surface area contributed by atoms with Crippen LogP contribution in [-0.4, -0.2) is 16.9 Å². The van der Waals surface area contributed by atoms with Gasteiger partial charge in [-0.3, -0.25) is 14.9 Å². The Balaban J connectivity index is 2.22. The van der Waals surface area contributed by atoms with Crippen LogP contribution in [0.5, 0.6) is 0 Å². The number of rotatable bonds is 4. The molecule has 1 fully saturated rings. The number of benzene rings is 1. The molecular weight excluding hydrogens is 244 g/mol. The molecule has 1 aliphatic carbocycles. The van der Waals surface area contributed by atoms with Crippen LogP contribution in [0.4, 0.5) is 5.69 Å². The third-order valence-electron chi connectivity index (χ3n) is 3.34. The summed E-state index contributed by atoms with van der Waals surface area (Å²) in [6.07, 6.45) is 5.71. The lowest BCUT2D eigenvalue weighted by atomic mass is 10.1. The molecule has 1 aromatic rings. The highest BCUT2D eigenvalue weighted by atomic mass is 16.6. The predicted molar refractivity (Wildman–Crippen MR) is 72.9 cm³/mol. The van der Waals surface area contributed by atoms with Gasteiger partial charge < -0.3 is 5.32 Å². The van der Waals surface area contributed by atoms with Crippen LogP contribution in [0.2, 0.25) is 0 Å². The highest BCUT2D eigenvalue weighted by Crippen LogP contribution is 2.21. The van der Waals surface area contributed by atoms with E-state index < -0.39 is 4.92 Å². The highest BCUT2D eigenvalue weighted by Gasteiger charge is 2.19. The SMILES string of the molecule is C=Cc1cc(C(=O)NC2CCCC2)cc([N+](=O)[O-])c1. The van der Waals surface area contributed by atoms with Crippen LogP contribution < -0.4 is 5.32 Å². The molecule has 0 spiro atoms. The van der Waals surface area contributed by atoms with Gasteiger partial charge in [-0.05, 0) is 24.5 Å². The standard InChI is InChI=1S/C14H16N2O3/c1-2-10-7-11(9-13(8-10)16(18)19)14(17)15-12-5-3-4-6-12/h2,7-9,12H,1,3-6H2,(H,15,17). The van der Waals surface area contributed by atoms with Gasteiger partial charge in [0.1, 0.15) is 0 Å². The summed E-state index contributed by atoms with van der Waals surface area (Å²) in [7, 11) is 0. The van der Waals surface area contributed by atoms with E-state index in [1.54, 1.807) is 6.07 Å². The minimum absolute atomic E-state index is 0.0889. The van der Waals surface area contributed by atoms with E-state index >= 15 is 0 Å². The molecule has 1 amide bonds. The molecule has 0 bridgehead atoms. The molecule has 19 heavy (non-hydrogen) atoms. The zero-order valence-electron chi connectivity index (χ0n) is 10.6. The van der Waals surface area contributed by atoms with Gasteiger partial charge in [-0.15, -0.1) is 0 Å². The molecule has 0 aromatic heterocycles. The fraction of sp³-hybridized carbons (Fsp3) is 0.357. The number of hydrogen-bond acceptors (Lipinski definition) is 3. The topological polar surface area (TPSA) is 72.2 Å². The van der Waals surface area contributed by atoms with Crippen molar-refractivity contribution < 1.29 is 9.72 Å². The van der Waals surface area contributed by atoms with Gasteiger partial charge in [0.15, 0.2) is 0 Å². The smallest absolute Gasteiger partial charge is 0.270 e. The Morgan fingerprint density at radius 3 is 2.63 bits per heavy atom. The molecule has 5 nitrogen and oxygen atoms in total. The fourth-order valence-corrected chi connectivity index (χ4v) is 2.33. The molecule has 0 unspecified atom stereocenters. The lowest BCUT2D eigenvalue weighted by molar-refractivity contribution is -0.384. The maximum absolute atomic E-state index is 12.1. The molecule has 0 aliphatic heterocycles. The van der Waals surface area contributed by atoms with E-state index in [4.69, 9.17) is 0 Å². The van der Waals surface area contributed by atoms with E-state index in [1.807, 2.05) is 0 Å². The second-order valence-electron chi connectivity index (χ2n) is 4.73. The number of amides is 1. The van der Waals surface area contributed by atoms with E-state index in [1.165, 1.54) is 18.2 Å². The van der Waals surface area contributed by atoms with Gasteiger partial charge in [-0.2, -0.15) is 0 Å². The van der Waals surface area contributed by atoms with Crippen LogP contribution in [0, 0.1) is 10.1 Å². The van der Waals surface area contributed by atoms with E-state index in [0.29, 0.717) is 11.1 Å². The molecule has 1 aromatic carbocycles. The molecule has 100 valence electrons. The largest absolute Gasteiger partial charge is 0.349 e. The maximum Gasteiger partial charge on any atom is 0.270 e. The Morgan fingerprint density at radius 1 is 1.37 bits per heavy atom. The summed E-state index contributed by atoms with van der Waals surface area (Å²) in [5.74, 6) is -0.251. The van der Waals surface area contributed by atoms with E-state index in [0.717, 1.165) is 25.7 Å². The summed E-state index contributed by atoms with van der Waals surface area (Å²) in [6.45, 7) is 3.58. The second kappa shape index (κ2) is 5.65. The lowest BCUT2D eigenvalue weighted by Gasteiger charge is -2.12. The van der Waals surface area contributed by atoms with Gasteiger partial charge in [0.25, 0.3) is 11.6 Å². The van der Waals surface area contributed by atoms with Crippen molar-refractivity contribution in [3.63, 3.8) is 0 Å². The van der Waals surface area contributed by atoms with Gasteiger partial charge in [-0.25, -0.2) is 0 Å². The predicted octanol–water partition coefficient (Wildman–Crippen LogP) is 2.91. The molecule has 2 rings (SSSR count). The molecule has 0 atom stereocenters. The average Bonchev–Trinajstić information content (AvgIpc) is 2.90. The van der Waals surface area contributed by atoms with Crippen LogP contribution >= 0.6 is 0 Å². The lowest BCUT2D eigenvalue weighted by Crippen LogP contribution is -2.32. The van der Waals surface area contributed by atoms with Crippen LogP contribution in [0.1, 0.15) is 41.6 Å². The number of nitrogens with zero attached hydrogens (tertiary/aromatic N) is 1. The third-order valence-corrected chi connectivity index (χ3v) is 3.34. The van der Waals surface area contributed by atoms with Gasteiger partial charge in [-0.1, -0.05) is 25.5 Å². The molecule has 0 radical (unpaired) electrons. The Labute approximate surface area is 111 Å². The number of nitro benzene ring substituents is 1. The van der Waals surface area contributed by atoms with Crippen LogP contribution in [0.3, 0.4) is 0 Å². The Morgan fingerprint density at radius 2 is 2.05 bits per heavy atom. The number of carbonyl (C=O) groups excluding carboxylic acids is 1. The van der Waals surface area contributed by atoms with Crippen molar-refractivity contribution in [1.82, 2.24) is 5.32 Å². The monoisotopic (exact) mass is 260 g/mol. The second-order valence-corrected chi connectivity index (χ2v) is 4.73. The zero-order valence-corrected chi connectivity index (χ0v) is 10.6. The molecule has 1 aliphatic rings. The number of nitrogens with one attached hydrogen (secondary N) is 1. The highest BCUT2D eigenvalue weighted by molar-refractivity contribution is 5.95. The number of hydrogen-bond donors (Lipinski definition) is 1. The Kier molecular flexibility index (Phi) is 3.94. The molecule has 0 heterocycles. The summed E-state index contributed by atoms with van der Waals surface area (Å²) in [5, 5.41) is 13.7. The first-order valence-electron chi connectivity index (χ1n) is 6.33. The normalized spacial score (nSPS) is 15.2. The van der Waals surface area contributed by atoms with Crippen molar-refractivity contribution in [3.8, 4) is 0 Å². The van der Waals surface area contributed by atoms with Crippen molar-refractivity contribution in [1.29, 1.82) is 0 Å². The number of carbonyl (C=O) groups is 1. The summed E-state index contributed by atoms with van der Waals surface area (Å²) >= 11 is 0. The molecule has 0 saturated heterocycles. The quantitative estimate of drug-likeness (QED) is 0.668. The van der Waals surface area contributed by atoms with Gasteiger partial charge >= 0.3 is 0 Å². The maximum atomic E-state index is 12.1.